The van der Waals surface area contributed by atoms with E-state index in [9.17, 15) is 9.59 Å². The molecule has 1 unspecified atom stereocenters. The van der Waals surface area contributed by atoms with Gasteiger partial charge in [0.05, 0.1) is 12.6 Å². The number of amides is 2. The van der Waals surface area contributed by atoms with E-state index in [1.807, 2.05) is 6.07 Å². The summed E-state index contributed by atoms with van der Waals surface area (Å²) in [6.45, 7) is 2.88. The molecule has 0 radical (unpaired) electrons. The molecule has 5 heteroatoms. The Balaban J connectivity index is 2.67. The number of carbonyl (C=O) groups is 2. The molecule has 82 valence electrons. The highest BCUT2D eigenvalue weighted by Crippen LogP contribution is 2.07. The first-order valence-corrected chi connectivity index (χ1v) is 4.98. The van der Waals surface area contributed by atoms with Crippen LogP contribution in [0.2, 0.25) is 0 Å². The zero-order chi connectivity index (χ0) is 11.4. The van der Waals surface area contributed by atoms with Crippen molar-refractivity contribution in [3.8, 4) is 6.07 Å². The average Bonchev–Trinajstić information content (AvgIpc) is 2.39. The van der Waals surface area contributed by atoms with Crippen LogP contribution in [0.3, 0.4) is 0 Å². The first-order chi connectivity index (χ1) is 7.06. The fraction of sp³-hybridized carbons (Fsp3) is 0.700. The predicted molar refractivity (Wildman–Crippen MR) is 53.6 cm³/mol. The maximum absolute atomic E-state index is 11.7. The molecule has 1 saturated heterocycles. The Labute approximate surface area is 89.3 Å². The standard InChI is InChI=1S/C10H15N3O2/c1-8(6-11)10(15)13-5-3-4-12(2)9(14)7-13/h8H,3-5,7H2,1-2H3. The van der Waals surface area contributed by atoms with Gasteiger partial charge in [-0.05, 0) is 13.3 Å². The predicted octanol–water partition coefficient (Wildman–Crippen LogP) is -0.163. The molecule has 1 atom stereocenters. The summed E-state index contributed by atoms with van der Waals surface area (Å²) < 4.78 is 0. The fourth-order valence-corrected chi connectivity index (χ4v) is 1.50. The second-order valence-corrected chi connectivity index (χ2v) is 3.78. The van der Waals surface area contributed by atoms with Crippen LogP contribution < -0.4 is 0 Å². The molecule has 0 aliphatic carbocycles. The van der Waals surface area contributed by atoms with Crippen LogP contribution in [0.15, 0.2) is 0 Å². The van der Waals surface area contributed by atoms with Gasteiger partial charge < -0.3 is 9.80 Å². The van der Waals surface area contributed by atoms with Crippen LogP contribution >= 0.6 is 0 Å². The Bertz CT molecular complexity index is 308. The van der Waals surface area contributed by atoms with Crippen LogP contribution in [-0.4, -0.2) is 48.3 Å². The smallest absolute Gasteiger partial charge is 0.241 e. The Hall–Kier alpha value is -1.57. The molecule has 2 amide bonds. The molecule has 0 bridgehead atoms. The number of likely N-dealkylation sites (N-methyl/N-ethyl adjacent to an activating group) is 1. The number of rotatable bonds is 1. The summed E-state index contributed by atoms with van der Waals surface area (Å²) in [5, 5.41) is 8.63. The topological polar surface area (TPSA) is 64.4 Å². The van der Waals surface area contributed by atoms with E-state index < -0.39 is 5.92 Å². The van der Waals surface area contributed by atoms with Crippen molar-refractivity contribution in [2.75, 3.05) is 26.7 Å². The summed E-state index contributed by atoms with van der Waals surface area (Å²) in [4.78, 5) is 26.2. The van der Waals surface area contributed by atoms with Gasteiger partial charge in [0.25, 0.3) is 0 Å². The van der Waals surface area contributed by atoms with Crippen molar-refractivity contribution < 1.29 is 9.59 Å². The number of carbonyl (C=O) groups excluding carboxylic acids is 2. The molecule has 5 nitrogen and oxygen atoms in total. The van der Waals surface area contributed by atoms with Gasteiger partial charge in [-0.3, -0.25) is 9.59 Å². The molecule has 0 N–H and O–H groups in total. The van der Waals surface area contributed by atoms with Crippen LogP contribution in [0.4, 0.5) is 0 Å². The fourth-order valence-electron chi connectivity index (χ4n) is 1.50. The van der Waals surface area contributed by atoms with Crippen LogP contribution in [-0.2, 0) is 9.59 Å². The van der Waals surface area contributed by atoms with Crippen LogP contribution in [0.1, 0.15) is 13.3 Å². The van der Waals surface area contributed by atoms with Gasteiger partial charge in [0.15, 0.2) is 0 Å². The van der Waals surface area contributed by atoms with E-state index in [1.54, 1.807) is 18.9 Å². The SMILES string of the molecule is CC(C#N)C(=O)N1CCCN(C)C(=O)C1. The number of hydrogen-bond acceptors (Lipinski definition) is 3. The third-order valence-corrected chi connectivity index (χ3v) is 2.55. The van der Waals surface area contributed by atoms with Gasteiger partial charge in [-0.15, -0.1) is 0 Å². The van der Waals surface area contributed by atoms with Gasteiger partial charge in [-0.2, -0.15) is 5.26 Å². The lowest BCUT2D eigenvalue weighted by Crippen LogP contribution is -2.40. The van der Waals surface area contributed by atoms with E-state index in [0.29, 0.717) is 13.1 Å². The van der Waals surface area contributed by atoms with Gasteiger partial charge in [-0.1, -0.05) is 0 Å². The van der Waals surface area contributed by atoms with Gasteiger partial charge in [0, 0.05) is 20.1 Å². The maximum atomic E-state index is 11.7. The van der Waals surface area contributed by atoms with Gasteiger partial charge in [-0.25, -0.2) is 0 Å². The van der Waals surface area contributed by atoms with E-state index in [2.05, 4.69) is 0 Å². The summed E-state index contributed by atoms with van der Waals surface area (Å²) in [7, 11) is 1.73. The Kier molecular flexibility index (Phi) is 3.67. The highest BCUT2D eigenvalue weighted by molar-refractivity contribution is 5.87. The van der Waals surface area contributed by atoms with Crippen molar-refractivity contribution in [3.63, 3.8) is 0 Å². The minimum atomic E-state index is -0.666. The van der Waals surface area contributed by atoms with Crippen molar-refractivity contribution in [3.05, 3.63) is 0 Å². The molecule has 1 aliphatic heterocycles. The van der Waals surface area contributed by atoms with Crippen molar-refractivity contribution in [1.29, 1.82) is 5.26 Å². The van der Waals surface area contributed by atoms with Crippen molar-refractivity contribution in [2.45, 2.75) is 13.3 Å². The molecular weight excluding hydrogens is 194 g/mol. The number of hydrogen-bond donors (Lipinski definition) is 0. The van der Waals surface area contributed by atoms with E-state index >= 15 is 0 Å². The third-order valence-electron chi connectivity index (χ3n) is 2.55. The lowest BCUT2D eigenvalue weighted by molar-refractivity contribution is -0.139. The van der Waals surface area contributed by atoms with E-state index in [4.69, 9.17) is 5.26 Å². The lowest BCUT2D eigenvalue weighted by Gasteiger charge is -2.20. The molecule has 0 aromatic heterocycles. The second kappa shape index (κ2) is 4.78. The Morgan fingerprint density at radius 2 is 2.20 bits per heavy atom. The zero-order valence-electron chi connectivity index (χ0n) is 9.06. The van der Waals surface area contributed by atoms with E-state index in [-0.39, 0.29) is 18.4 Å². The second-order valence-electron chi connectivity index (χ2n) is 3.78. The first-order valence-electron chi connectivity index (χ1n) is 4.98. The minimum Gasteiger partial charge on any atom is -0.344 e. The molecule has 1 fully saturated rings. The maximum Gasteiger partial charge on any atom is 0.241 e. The van der Waals surface area contributed by atoms with Crippen molar-refractivity contribution in [1.82, 2.24) is 9.80 Å². The van der Waals surface area contributed by atoms with Crippen LogP contribution in [0, 0.1) is 17.2 Å². The average molecular weight is 209 g/mol. The summed E-state index contributed by atoms with van der Waals surface area (Å²) in [6.07, 6.45) is 0.770. The van der Waals surface area contributed by atoms with Crippen molar-refractivity contribution >= 4 is 11.8 Å². The molecule has 0 aromatic carbocycles. The Morgan fingerprint density at radius 3 is 2.80 bits per heavy atom. The summed E-state index contributed by atoms with van der Waals surface area (Å²) in [5.41, 5.74) is 0. The minimum absolute atomic E-state index is 0.0639. The molecule has 1 rings (SSSR count). The van der Waals surface area contributed by atoms with E-state index in [0.717, 1.165) is 6.42 Å². The monoisotopic (exact) mass is 209 g/mol. The van der Waals surface area contributed by atoms with Gasteiger partial charge in [0.1, 0.15) is 5.92 Å². The van der Waals surface area contributed by atoms with Crippen LogP contribution in [0.5, 0.6) is 0 Å². The molecular formula is C10H15N3O2. The first kappa shape index (κ1) is 11.5. The summed E-state index contributed by atoms with van der Waals surface area (Å²) >= 11 is 0. The van der Waals surface area contributed by atoms with Gasteiger partial charge >= 0.3 is 0 Å². The highest BCUT2D eigenvalue weighted by Gasteiger charge is 2.25. The quantitative estimate of drug-likeness (QED) is 0.602. The molecule has 0 aromatic rings. The largest absolute Gasteiger partial charge is 0.344 e. The third kappa shape index (κ3) is 2.69. The summed E-state index contributed by atoms with van der Waals surface area (Å²) in [6, 6.07) is 1.89. The van der Waals surface area contributed by atoms with Crippen molar-refractivity contribution in [2.24, 2.45) is 5.92 Å². The molecule has 1 heterocycles. The number of nitriles is 1. The summed E-state index contributed by atoms with van der Waals surface area (Å²) in [5.74, 6) is -0.978. The molecule has 15 heavy (non-hydrogen) atoms. The molecule has 1 aliphatic rings. The zero-order valence-corrected chi connectivity index (χ0v) is 9.06. The normalized spacial score (nSPS) is 19.4. The van der Waals surface area contributed by atoms with Crippen LogP contribution in [0.25, 0.3) is 0 Å². The Morgan fingerprint density at radius 1 is 1.53 bits per heavy atom. The lowest BCUT2D eigenvalue weighted by atomic mass is 10.2. The highest BCUT2D eigenvalue weighted by atomic mass is 16.2. The number of nitrogens with zero attached hydrogens (tertiary/aromatic N) is 3. The van der Waals surface area contributed by atoms with Gasteiger partial charge in [0.2, 0.25) is 11.8 Å². The molecule has 0 spiro atoms. The molecule has 0 saturated carbocycles. The van der Waals surface area contributed by atoms with E-state index in [1.165, 1.54) is 4.90 Å².